The number of nitrogens with one attached hydrogen (secondary N) is 1. The Morgan fingerprint density at radius 2 is 2.25 bits per heavy atom. The van der Waals surface area contributed by atoms with E-state index in [1.54, 1.807) is 0 Å². The summed E-state index contributed by atoms with van der Waals surface area (Å²) in [6.07, 6.45) is 2.39. The maximum Gasteiger partial charge on any atom is 0.0572 e. The van der Waals surface area contributed by atoms with Gasteiger partial charge in [0.1, 0.15) is 0 Å². The molecule has 0 aromatic heterocycles. The summed E-state index contributed by atoms with van der Waals surface area (Å²) in [5.41, 5.74) is 5.98. The van der Waals surface area contributed by atoms with Gasteiger partial charge in [-0.25, -0.2) is 0 Å². The fraction of sp³-hybridized carbons (Fsp3) is 1.00. The van der Waals surface area contributed by atoms with Crippen molar-refractivity contribution in [3.8, 4) is 0 Å². The normalized spacial score (nSPS) is 23.2. The third kappa shape index (κ3) is 1.63. The zero-order chi connectivity index (χ0) is 9.03. The predicted molar refractivity (Wildman–Crippen MR) is 50.1 cm³/mol. The average molecular weight is 172 g/mol. The second-order valence-corrected chi connectivity index (χ2v) is 3.69. The molecule has 1 unspecified atom stereocenters. The molecule has 0 bridgehead atoms. The van der Waals surface area contributed by atoms with E-state index in [4.69, 9.17) is 10.5 Å². The standard InChI is InChI=1S/C9H20N2O/c1-3-4-8(11-2)9(5-10)6-12-7-9/h8,11H,3-7,10H2,1-2H3. The van der Waals surface area contributed by atoms with E-state index in [1.807, 2.05) is 7.05 Å². The molecule has 1 aliphatic rings. The number of nitrogens with two attached hydrogens (primary N) is 1. The van der Waals surface area contributed by atoms with Crippen LogP contribution in [-0.4, -0.2) is 32.8 Å². The van der Waals surface area contributed by atoms with E-state index in [0.29, 0.717) is 6.04 Å². The van der Waals surface area contributed by atoms with Crippen molar-refractivity contribution in [2.75, 3.05) is 26.8 Å². The Kier molecular flexibility index (Phi) is 3.50. The highest BCUT2D eigenvalue weighted by Crippen LogP contribution is 2.32. The summed E-state index contributed by atoms with van der Waals surface area (Å²) in [5.74, 6) is 0. The Labute approximate surface area is 74.7 Å². The molecule has 1 aliphatic heterocycles. The van der Waals surface area contributed by atoms with Crippen molar-refractivity contribution in [2.45, 2.75) is 25.8 Å². The smallest absolute Gasteiger partial charge is 0.0572 e. The van der Waals surface area contributed by atoms with Crippen molar-refractivity contribution in [2.24, 2.45) is 11.1 Å². The van der Waals surface area contributed by atoms with Crippen LogP contribution in [0.25, 0.3) is 0 Å². The van der Waals surface area contributed by atoms with Crippen molar-refractivity contribution in [1.29, 1.82) is 0 Å². The lowest BCUT2D eigenvalue weighted by Gasteiger charge is -2.46. The largest absolute Gasteiger partial charge is 0.380 e. The van der Waals surface area contributed by atoms with Crippen LogP contribution in [0.3, 0.4) is 0 Å². The van der Waals surface area contributed by atoms with Crippen molar-refractivity contribution in [1.82, 2.24) is 5.32 Å². The van der Waals surface area contributed by atoms with Gasteiger partial charge in [0.15, 0.2) is 0 Å². The van der Waals surface area contributed by atoms with Crippen LogP contribution in [0.5, 0.6) is 0 Å². The molecule has 3 nitrogen and oxygen atoms in total. The van der Waals surface area contributed by atoms with E-state index in [2.05, 4.69) is 12.2 Å². The van der Waals surface area contributed by atoms with Crippen molar-refractivity contribution < 1.29 is 4.74 Å². The summed E-state index contributed by atoms with van der Waals surface area (Å²) < 4.78 is 5.24. The maximum absolute atomic E-state index is 5.76. The SMILES string of the molecule is CCCC(NC)C1(CN)COC1. The van der Waals surface area contributed by atoms with Crippen LogP contribution in [0.4, 0.5) is 0 Å². The van der Waals surface area contributed by atoms with Gasteiger partial charge >= 0.3 is 0 Å². The van der Waals surface area contributed by atoms with Gasteiger partial charge in [-0.3, -0.25) is 0 Å². The third-order valence-electron chi connectivity index (χ3n) is 2.85. The van der Waals surface area contributed by atoms with Crippen LogP contribution in [0.15, 0.2) is 0 Å². The first-order valence-electron chi connectivity index (χ1n) is 4.74. The van der Waals surface area contributed by atoms with Gasteiger partial charge in [-0.15, -0.1) is 0 Å². The molecule has 1 heterocycles. The molecule has 1 atom stereocenters. The average Bonchev–Trinajstić information content (AvgIpc) is 2.02. The summed E-state index contributed by atoms with van der Waals surface area (Å²) in [5, 5.41) is 3.34. The number of hydrogen-bond donors (Lipinski definition) is 2. The second kappa shape index (κ2) is 4.21. The molecule has 0 aliphatic carbocycles. The Morgan fingerprint density at radius 3 is 2.50 bits per heavy atom. The van der Waals surface area contributed by atoms with Gasteiger partial charge in [-0.05, 0) is 13.5 Å². The minimum absolute atomic E-state index is 0.227. The minimum atomic E-state index is 0.227. The van der Waals surface area contributed by atoms with Gasteiger partial charge in [0.05, 0.1) is 13.2 Å². The first-order chi connectivity index (χ1) is 5.79. The number of ether oxygens (including phenoxy) is 1. The first kappa shape index (κ1) is 9.96. The fourth-order valence-corrected chi connectivity index (χ4v) is 1.87. The van der Waals surface area contributed by atoms with Gasteiger partial charge in [-0.2, -0.15) is 0 Å². The molecule has 0 spiro atoms. The molecule has 1 rings (SSSR count). The van der Waals surface area contributed by atoms with Gasteiger partial charge in [0.2, 0.25) is 0 Å². The molecule has 0 aromatic carbocycles. The molecule has 3 N–H and O–H groups in total. The van der Waals surface area contributed by atoms with Gasteiger partial charge in [0, 0.05) is 18.0 Å². The highest BCUT2D eigenvalue weighted by Gasteiger charge is 2.43. The van der Waals surface area contributed by atoms with Crippen molar-refractivity contribution in [3.05, 3.63) is 0 Å². The van der Waals surface area contributed by atoms with Crippen LogP contribution >= 0.6 is 0 Å². The van der Waals surface area contributed by atoms with Gasteiger partial charge in [-0.1, -0.05) is 13.3 Å². The lowest BCUT2D eigenvalue weighted by molar-refractivity contribution is -0.126. The molecular weight excluding hydrogens is 152 g/mol. The Bertz CT molecular complexity index is 129. The van der Waals surface area contributed by atoms with Gasteiger partial charge in [0.25, 0.3) is 0 Å². The van der Waals surface area contributed by atoms with E-state index < -0.39 is 0 Å². The Hall–Kier alpha value is -0.120. The number of rotatable bonds is 5. The molecule has 0 aromatic rings. The lowest BCUT2D eigenvalue weighted by atomic mass is 9.76. The zero-order valence-corrected chi connectivity index (χ0v) is 8.10. The summed E-state index contributed by atoms with van der Waals surface area (Å²) in [6.45, 7) is 4.59. The maximum atomic E-state index is 5.76. The van der Waals surface area contributed by atoms with Crippen molar-refractivity contribution >= 4 is 0 Å². The molecular formula is C9H20N2O. The van der Waals surface area contributed by atoms with Crippen LogP contribution in [0.1, 0.15) is 19.8 Å². The molecule has 72 valence electrons. The Morgan fingerprint density at radius 1 is 1.58 bits per heavy atom. The first-order valence-corrected chi connectivity index (χ1v) is 4.74. The summed E-state index contributed by atoms with van der Waals surface area (Å²) in [6, 6.07) is 0.529. The molecule has 3 heteroatoms. The highest BCUT2D eigenvalue weighted by molar-refractivity contribution is 4.96. The highest BCUT2D eigenvalue weighted by atomic mass is 16.5. The van der Waals surface area contributed by atoms with Crippen LogP contribution in [0.2, 0.25) is 0 Å². The quantitative estimate of drug-likeness (QED) is 0.629. The summed E-state index contributed by atoms with van der Waals surface area (Å²) in [7, 11) is 2.01. The lowest BCUT2D eigenvalue weighted by Crippen LogP contribution is -2.60. The van der Waals surface area contributed by atoms with E-state index in [0.717, 1.165) is 19.8 Å². The van der Waals surface area contributed by atoms with Crippen LogP contribution in [-0.2, 0) is 4.74 Å². The topological polar surface area (TPSA) is 47.3 Å². The van der Waals surface area contributed by atoms with E-state index in [9.17, 15) is 0 Å². The zero-order valence-electron chi connectivity index (χ0n) is 8.10. The molecule has 0 amide bonds. The molecule has 0 saturated carbocycles. The third-order valence-corrected chi connectivity index (χ3v) is 2.85. The summed E-state index contributed by atoms with van der Waals surface area (Å²) >= 11 is 0. The molecule has 0 radical (unpaired) electrons. The van der Waals surface area contributed by atoms with Crippen LogP contribution in [0, 0.1) is 5.41 Å². The van der Waals surface area contributed by atoms with E-state index >= 15 is 0 Å². The molecule has 12 heavy (non-hydrogen) atoms. The van der Waals surface area contributed by atoms with E-state index in [-0.39, 0.29) is 5.41 Å². The monoisotopic (exact) mass is 172 g/mol. The second-order valence-electron chi connectivity index (χ2n) is 3.69. The number of hydrogen-bond acceptors (Lipinski definition) is 3. The predicted octanol–water partition coefficient (Wildman–Crippen LogP) is 0.350. The molecule has 1 saturated heterocycles. The minimum Gasteiger partial charge on any atom is -0.380 e. The summed E-state index contributed by atoms with van der Waals surface area (Å²) in [4.78, 5) is 0. The molecule has 1 fully saturated rings. The van der Waals surface area contributed by atoms with Crippen LogP contribution < -0.4 is 11.1 Å². The van der Waals surface area contributed by atoms with E-state index in [1.165, 1.54) is 12.8 Å². The Balaban J connectivity index is 2.49. The van der Waals surface area contributed by atoms with Gasteiger partial charge < -0.3 is 15.8 Å². The van der Waals surface area contributed by atoms with Crippen molar-refractivity contribution in [3.63, 3.8) is 0 Å². The fourth-order valence-electron chi connectivity index (χ4n) is 1.87.